The molecule has 0 spiro atoms. The minimum atomic E-state index is 0.106. The number of rotatable bonds is 5. The Labute approximate surface area is 109 Å². The van der Waals surface area contributed by atoms with Crippen LogP contribution in [0, 0.1) is 0 Å². The van der Waals surface area contributed by atoms with Crippen LogP contribution in [0.25, 0.3) is 0 Å². The Morgan fingerprint density at radius 3 is 2.50 bits per heavy atom. The molecule has 3 nitrogen and oxygen atoms in total. The van der Waals surface area contributed by atoms with Crippen LogP contribution in [0.15, 0.2) is 18.2 Å². The van der Waals surface area contributed by atoms with Crippen molar-refractivity contribution in [2.75, 3.05) is 20.8 Å². The van der Waals surface area contributed by atoms with E-state index >= 15 is 0 Å². The number of ether oxygens (including phenoxy) is 2. The number of methoxy groups -OCH3 is 2. The first kappa shape index (κ1) is 13.4. The van der Waals surface area contributed by atoms with Crippen molar-refractivity contribution >= 4 is 0 Å². The molecule has 0 atom stereocenters. The molecule has 0 bridgehead atoms. The van der Waals surface area contributed by atoms with E-state index in [1.165, 1.54) is 24.0 Å². The predicted molar refractivity (Wildman–Crippen MR) is 72.9 cm³/mol. The fraction of sp³-hybridized carbons (Fsp3) is 0.600. The van der Waals surface area contributed by atoms with Crippen molar-refractivity contribution in [3.05, 3.63) is 29.3 Å². The Morgan fingerprint density at radius 1 is 1.22 bits per heavy atom. The van der Waals surface area contributed by atoms with Crippen LogP contribution in [0.4, 0.5) is 0 Å². The first-order valence-electron chi connectivity index (χ1n) is 6.62. The van der Waals surface area contributed by atoms with Gasteiger partial charge in [0.1, 0.15) is 5.75 Å². The molecule has 0 aliphatic heterocycles. The van der Waals surface area contributed by atoms with Crippen LogP contribution >= 0.6 is 0 Å². The van der Waals surface area contributed by atoms with Crippen molar-refractivity contribution in [2.24, 2.45) is 5.73 Å². The van der Waals surface area contributed by atoms with Gasteiger partial charge in [0, 0.05) is 24.6 Å². The largest absolute Gasteiger partial charge is 0.496 e. The minimum absolute atomic E-state index is 0.106. The van der Waals surface area contributed by atoms with Crippen LogP contribution in [0.3, 0.4) is 0 Å². The highest BCUT2D eigenvalue weighted by atomic mass is 16.5. The lowest BCUT2D eigenvalue weighted by Gasteiger charge is -2.30. The minimum Gasteiger partial charge on any atom is -0.496 e. The highest BCUT2D eigenvalue weighted by molar-refractivity contribution is 5.43. The highest BCUT2D eigenvalue weighted by Gasteiger charge is 2.36. The lowest BCUT2D eigenvalue weighted by molar-refractivity contribution is 0.184. The van der Waals surface area contributed by atoms with E-state index in [0.717, 1.165) is 18.6 Å². The second-order valence-electron chi connectivity index (χ2n) is 5.16. The molecule has 1 saturated carbocycles. The van der Waals surface area contributed by atoms with Crippen LogP contribution in [-0.2, 0) is 16.8 Å². The molecular formula is C15H23NO2. The zero-order valence-corrected chi connectivity index (χ0v) is 11.4. The van der Waals surface area contributed by atoms with Gasteiger partial charge in [0.25, 0.3) is 0 Å². The summed E-state index contributed by atoms with van der Waals surface area (Å²) in [5.74, 6) is 0.960. The van der Waals surface area contributed by atoms with Gasteiger partial charge in [-0.05, 0) is 30.5 Å². The van der Waals surface area contributed by atoms with Crippen LogP contribution in [0.2, 0.25) is 0 Å². The Bertz CT molecular complexity index is 397. The Morgan fingerprint density at radius 2 is 1.94 bits per heavy atom. The normalized spacial score (nSPS) is 17.9. The third kappa shape index (κ3) is 2.38. The highest BCUT2D eigenvalue weighted by Crippen LogP contribution is 2.44. The van der Waals surface area contributed by atoms with Crippen molar-refractivity contribution in [2.45, 2.75) is 37.7 Å². The zero-order valence-electron chi connectivity index (χ0n) is 11.4. The standard InChI is InChI=1S/C15H23NO2/c1-17-10-12-5-6-14(18-2)13(9-12)15(11-16)7-3-4-8-15/h5-6,9H,3-4,7-8,10-11,16H2,1-2H3. The van der Waals surface area contributed by atoms with E-state index in [2.05, 4.69) is 12.1 Å². The summed E-state index contributed by atoms with van der Waals surface area (Å²) in [4.78, 5) is 0. The van der Waals surface area contributed by atoms with Gasteiger partial charge < -0.3 is 15.2 Å². The average Bonchev–Trinajstić information content (AvgIpc) is 2.89. The van der Waals surface area contributed by atoms with E-state index in [9.17, 15) is 0 Å². The molecule has 3 heteroatoms. The molecule has 1 aromatic rings. The average molecular weight is 249 g/mol. The zero-order chi connectivity index (χ0) is 13.0. The maximum absolute atomic E-state index is 6.06. The quantitative estimate of drug-likeness (QED) is 0.872. The second kappa shape index (κ2) is 5.72. The summed E-state index contributed by atoms with van der Waals surface area (Å²) in [5, 5.41) is 0. The summed E-state index contributed by atoms with van der Waals surface area (Å²) in [7, 11) is 3.45. The Balaban J connectivity index is 2.42. The number of hydrogen-bond acceptors (Lipinski definition) is 3. The van der Waals surface area contributed by atoms with Crippen molar-refractivity contribution in [3.63, 3.8) is 0 Å². The van der Waals surface area contributed by atoms with Gasteiger partial charge in [-0.15, -0.1) is 0 Å². The Hall–Kier alpha value is -1.06. The summed E-state index contributed by atoms with van der Waals surface area (Å²) < 4.78 is 10.7. The third-order valence-corrected chi connectivity index (χ3v) is 4.10. The predicted octanol–water partition coefficient (Wildman–Crippen LogP) is 2.61. The van der Waals surface area contributed by atoms with E-state index < -0.39 is 0 Å². The van der Waals surface area contributed by atoms with Crippen molar-refractivity contribution in [1.82, 2.24) is 0 Å². The van der Waals surface area contributed by atoms with E-state index in [1.54, 1.807) is 14.2 Å². The molecule has 1 aliphatic rings. The molecule has 1 aliphatic carbocycles. The fourth-order valence-corrected chi connectivity index (χ4v) is 3.06. The summed E-state index contributed by atoms with van der Waals surface area (Å²) in [6, 6.07) is 6.31. The summed E-state index contributed by atoms with van der Waals surface area (Å²) in [6.07, 6.45) is 4.84. The van der Waals surface area contributed by atoms with Crippen LogP contribution in [-0.4, -0.2) is 20.8 Å². The van der Waals surface area contributed by atoms with Gasteiger partial charge in [-0.1, -0.05) is 18.9 Å². The molecule has 0 radical (unpaired) electrons. The summed E-state index contributed by atoms with van der Waals surface area (Å²) in [6.45, 7) is 1.33. The molecule has 0 heterocycles. The monoisotopic (exact) mass is 249 g/mol. The maximum atomic E-state index is 6.06. The number of nitrogens with two attached hydrogens (primary N) is 1. The topological polar surface area (TPSA) is 44.5 Å². The SMILES string of the molecule is COCc1ccc(OC)c(C2(CN)CCCC2)c1. The second-order valence-corrected chi connectivity index (χ2v) is 5.16. The van der Waals surface area contributed by atoms with Gasteiger partial charge in [0.05, 0.1) is 13.7 Å². The van der Waals surface area contributed by atoms with Gasteiger partial charge in [0.2, 0.25) is 0 Å². The molecule has 1 fully saturated rings. The first-order valence-corrected chi connectivity index (χ1v) is 6.62. The van der Waals surface area contributed by atoms with Crippen LogP contribution < -0.4 is 10.5 Å². The molecule has 0 amide bonds. The smallest absolute Gasteiger partial charge is 0.122 e. The van der Waals surface area contributed by atoms with Crippen molar-refractivity contribution in [3.8, 4) is 5.75 Å². The molecule has 0 aromatic heterocycles. The lowest BCUT2D eigenvalue weighted by Crippen LogP contribution is -2.32. The number of benzene rings is 1. The molecule has 0 saturated heterocycles. The van der Waals surface area contributed by atoms with Gasteiger partial charge in [-0.2, -0.15) is 0 Å². The van der Waals surface area contributed by atoms with E-state index in [0.29, 0.717) is 13.2 Å². The van der Waals surface area contributed by atoms with E-state index in [-0.39, 0.29) is 5.41 Å². The molecular weight excluding hydrogens is 226 g/mol. The molecule has 100 valence electrons. The summed E-state index contributed by atoms with van der Waals surface area (Å²) in [5.41, 5.74) is 8.62. The van der Waals surface area contributed by atoms with Gasteiger partial charge in [-0.3, -0.25) is 0 Å². The maximum Gasteiger partial charge on any atom is 0.122 e. The fourth-order valence-electron chi connectivity index (χ4n) is 3.06. The molecule has 18 heavy (non-hydrogen) atoms. The molecule has 0 unspecified atom stereocenters. The number of hydrogen-bond donors (Lipinski definition) is 1. The first-order chi connectivity index (χ1) is 8.75. The third-order valence-electron chi connectivity index (χ3n) is 4.10. The Kier molecular flexibility index (Phi) is 4.25. The lowest BCUT2D eigenvalue weighted by atomic mass is 9.78. The van der Waals surface area contributed by atoms with E-state index in [4.69, 9.17) is 15.2 Å². The summed E-state index contributed by atoms with van der Waals surface area (Å²) >= 11 is 0. The van der Waals surface area contributed by atoms with Gasteiger partial charge >= 0.3 is 0 Å². The van der Waals surface area contributed by atoms with Crippen LogP contribution in [0.5, 0.6) is 5.75 Å². The van der Waals surface area contributed by atoms with E-state index in [1.807, 2.05) is 6.07 Å². The van der Waals surface area contributed by atoms with Crippen molar-refractivity contribution < 1.29 is 9.47 Å². The molecule has 2 N–H and O–H groups in total. The van der Waals surface area contributed by atoms with Crippen LogP contribution in [0.1, 0.15) is 36.8 Å². The van der Waals surface area contributed by atoms with Gasteiger partial charge in [-0.25, -0.2) is 0 Å². The van der Waals surface area contributed by atoms with Gasteiger partial charge in [0.15, 0.2) is 0 Å². The molecule has 1 aromatic carbocycles. The molecule has 2 rings (SSSR count). The van der Waals surface area contributed by atoms with Crippen molar-refractivity contribution in [1.29, 1.82) is 0 Å².